The Hall–Kier alpha value is -3.54. The summed E-state index contributed by atoms with van der Waals surface area (Å²) < 4.78 is 5.15. The molecule has 2 aromatic heterocycles. The standard InChI is InChI=1S/C20H16N4O2/c1-24(13-16-7-4-6-14-5-2-3-8-17(14)16)20(25)19-22-18(23-26-19)15-9-11-21-12-10-15/h2-12H,13H2,1H3. The quantitative estimate of drug-likeness (QED) is 0.566. The minimum absolute atomic E-state index is 0.0282. The summed E-state index contributed by atoms with van der Waals surface area (Å²) >= 11 is 0. The number of amides is 1. The summed E-state index contributed by atoms with van der Waals surface area (Å²) in [5.41, 5.74) is 1.81. The summed E-state index contributed by atoms with van der Waals surface area (Å²) in [6.07, 6.45) is 3.28. The molecule has 0 fully saturated rings. The maximum absolute atomic E-state index is 12.6. The second-order valence-corrected chi connectivity index (χ2v) is 5.96. The molecule has 0 aliphatic carbocycles. The van der Waals surface area contributed by atoms with Crippen LogP contribution in [0.25, 0.3) is 22.2 Å². The minimum Gasteiger partial charge on any atom is -0.333 e. The summed E-state index contributed by atoms with van der Waals surface area (Å²) in [6.45, 7) is 0.452. The van der Waals surface area contributed by atoms with Crippen molar-refractivity contribution in [2.24, 2.45) is 0 Å². The zero-order valence-corrected chi connectivity index (χ0v) is 14.2. The fourth-order valence-corrected chi connectivity index (χ4v) is 2.85. The lowest BCUT2D eigenvalue weighted by Gasteiger charge is -2.16. The first-order valence-corrected chi connectivity index (χ1v) is 8.18. The van der Waals surface area contributed by atoms with Crippen LogP contribution in [0.4, 0.5) is 0 Å². The van der Waals surface area contributed by atoms with E-state index in [4.69, 9.17) is 4.52 Å². The van der Waals surface area contributed by atoms with Crippen LogP contribution < -0.4 is 0 Å². The second-order valence-electron chi connectivity index (χ2n) is 5.96. The summed E-state index contributed by atoms with van der Waals surface area (Å²) in [5.74, 6) is 0.0274. The Balaban J connectivity index is 1.56. The Bertz CT molecular complexity index is 1050. The Morgan fingerprint density at radius 1 is 1.04 bits per heavy atom. The molecule has 6 nitrogen and oxygen atoms in total. The van der Waals surface area contributed by atoms with Gasteiger partial charge in [-0.15, -0.1) is 0 Å². The first-order chi connectivity index (χ1) is 12.7. The number of carbonyl (C=O) groups is 1. The minimum atomic E-state index is -0.314. The van der Waals surface area contributed by atoms with Crippen LogP contribution in [0, 0.1) is 0 Å². The van der Waals surface area contributed by atoms with Crippen molar-refractivity contribution < 1.29 is 9.32 Å². The monoisotopic (exact) mass is 344 g/mol. The summed E-state index contributed by atoms with van der Waals surface area (Å²) in [4.78, 5) is 22.4. The average molecular weight is 344 g/mol. The molecule has 0 aliphatic rings. The third-order valence-electron chi connectivity index (χ3n) is 4.18. The van der Waals surface area contributed by atoms with Crippen molar-refractivity contribution in [1.82, 2.24) is 20.0 Å². The smallest absolute Gasteiger partial charge is 0.316 e. The number of rotatable bonds is 4. The SMILES string of the molecule is CN(Cc1cccc2ccccc12)C(=O)c1nc(-c2ccncc2)no1. The molecule has 6 heteroatoms. The van der Waals surface area contributed by atoms with Gasteiger partial charge in [0.25, 0.3) is 0 Å². The molecule has 128 valence electrons. The zero-order valence-electron chi connectivity index (χ0n) is 14.2. The fourth-order valence-electron chi connectivity index (χ4n) is 2.85. The molecule has 4 rings (SSSR count). The van der Waals surface area contributed by atoms with Gasteiger partial charge >= 0.3 is 11.8 Å². The van der Waals surface area contributed by atoms with Gasteiger partial charge in [0, 0.05) is 31.5 Å². The maximum Gasteiger partial charge on any atom is 0.316 e. The molecule has 0 atom stereocenters. The molecule has 4 aromatic rings. The van der Waals surface area contributed by atoms with Crippen molar-refractivity contribution >= 4 is 16.7 Å². The highest BCUT2D eigenvalue weighted by Crippen LogP contribution is 2.20. The molecule has 2 aromatic carbocycles. The van der Waals surface area contributed by atoms with Gasteiger partial charge in [0.05, 0.1) is 0 Å². The molecule has 0 spiro atoms. The van der Waals surface area contributed by atoms with Crippen molar-refractivity contribution in [2.45, 2.75) is 6.54 Å². The number of nitrogens with zero attached hydrogens (tertiary/aromatic N) is 4. The van der Waals surface area contributed by atoms with E-state index in [0.717, 1.165) is 21.9 Å². The van der Waals surface area contributed by atoms with E-state index in [1.807, 2.05) is 24.3 Å². The van der Waals surface area contributed by atoms with Gasteiger partial charge in [0.1, 0.15) is 0 Å². The van der Waals surface area contributed by atoms with E-state index >= 15 is 0 Å². The molecule has 0 saturated carbocycles. The topological polar surface area (TPSA) is 72.1 Å². The molecule has 0 aliphatic heterocycles. The Labute approximate surface area is 150 Å². The predicted octanol–water partition coefficient (Wildman–Crippen LogP) is 3.56. The normalized spacial score (nSPS) is 10.8. The first-order valence-electron chi connectivity index (χ1n) is 8.18. The summed E-state index contributed by atoms with van der Waals surface area (Å²) in [7, 11) is 1.72. The summed E-state index contributed by atoms with van der Waals surface area (Å²) in [6, 6.07) is 17.7. The maximum atomic E-state index is 12.6. The van der Waals surface area contributed by atoms with E-state index in [1.54, 1.807) is 36.5 Å². The van der Waals surface area contributed by atoms with Crippen molar-refractivity contribution in [3.05, 3.63) is 78.4 Å². The first kappa shape index (κ1) is 16.0. The number of hydrogen-bond acceptors (Lipinski definition) is 5. The average Bonchev–Trinajstić information content (AvgIpc) is 3.18. The summed E-state index contributed by atoms with van der Waals surface area (Å²) in [5, 5.41) is 6.15. The molecular weight excluding hydrogens is 328 g/mol. The van der Waals surface area contributed by atoms with E-state index in [1.165, 1.54) is 0 Å². The van der Waals surface area contributed by atoms with Crippen LogP contribution in [0.5, 0.6) is 0 Å². The van der Waals surface area contributed by atoms with Crippen LogP contribution >= 0.6 is 0 Å². The van der Waals surface area contributed by atoms with Gasteiger partial charge in [0.15, 0.2) is 0 Å². The highest BCUT2D eigenvalue weighted by atomic mass is 16.5. The number of carbonyl (C=O) groups excluding carboxylic acids is 1. The predicted molar refractivity (Wildman–Crippen MR) is 97.3 cm³/mol. The van der Waals surface area contributed by atoms with Crippen LogP contribution in [0.1, 0.15) is 16.2 Å². The van der Waals surface area contributed by atoms with Crippen LogP contribution in [0.2, 0.25) is 0 Å². The number of hydrogen-bond donors (Lipinski definition) is 0. The van der Waals surface area contributed by atoms with E-state index in [-0.39, 0.29) is 11.8 Å². The Morgan fingerprint density at radius 2 is 1.81 bits per heavy atom. The molecule has 0 unspecified atom stereocenters. The van der Waals surface area contributed by atoms with E-state index in [2.05, 4.69) is 33.3 Å². The molecule has 0 bridgehead atoms. The van der Waals surface area contributed by atoms with Crippen LogP contribution in [0.3, 0.4) is 0 Å². The molecule has 2 heterocycles. The Morgan fingerprint density at radius 3 is 2.65 bits per heavy atom. The van der Waals surface area contributed by atoms with Gasteiger partial charge in [-0.1, -0.05) is 47.6 Å². The van der Waals surface area contributed by atoms with Gasteiger partial charge in [-0.25, -0.2) is 0 Å². The lowest BCUT2D eigenvalue weighted by atomic mass is 10.0. The lowest BCUT2D eigenvalue weighted by Crippen LogP contribution is -2.26. The van der Waals surface area contributed by atoms with Crippen LogP contribution in [-0.2, 0) is 6.54 Å². The third-order valence-corrected chi connectivity index (χ3v) is 4.18. The van der Waals surface area contributed by atoms with Crippen molar-refractivity contribution in [3.63, 3.8) is 0 Å². The highest BCUT2D eigenvalue weighted by molar-refractivity contribution is 5.91. The lowest BCUT2D eigenvalue weighted by molar-refractivity contribution is 0.0736. The molecule has 0 N–H and O–H groups in total. The second kappa shape index (κ2) is 6.76. The van der Waals surface area contributed by atoms with Crippen LogP contribution in [0.15, 0.2) is 71.5 Å². The van der Waals surface area contributed by atoms with Crippen LogP contribution in [-0.4, -0.2) is 33.0 Å². The molecular formula is C20H16N4O2. The number of pyridine rings is 1. The molecule has 1 amide bonds. The number of benzene rings is 2. The van der Waals surface area contributed by atoms with E-state index in [9.17, 15) is 4.79 Å². The molecule has 26 heavy (non-hydrogen) atoms. The molecule has 0 saturated heterocycles. The van der Waals surface area contributed by atoms with E-state index < -0.39 is 0 Å². The van der Waals surface area contributed by atoms with E-state index in [0.29, 0.717) is 12.4 Å². The van der Waals surface area contributed by atoms with Gasteiger partial charge in [-0.2, -0.15) is 4.98 Å². The van der Waals surface area contributed by atoms with Crippen molar-refractivity contribution in [3.8, 4) is 11.4 Å². The largest absolute Gasteiger partial charge is 0.333 e. The highest BCUT2D eigenvalue weighted by Gasteiger charge is 2.20. The van der Waals surface area contributed by atoms with Crippen molar-refractivity contribution in [2.75, 3.05) is 7.05 Å². The van der Waals surface area contributed by atoms with Crippen molar-refractivity contribution in [1.29, 1.82) is 0 Å². The van der Waals surface area contributed by atoms with Gasteiger partial charge in [-0.05, 0) is 28.5 Å². The van der Waals surface area contributed by atoms with Gasteiger partial charge in [0.2, 0.25) is 5.82 Å². The fraction of sp³-hybridized carbons (Fsp3) is 0.100. The third kappa shape index (κ3) is 3.04. The zero-order chi connectivity index (χ0) is 17.9. The number of fused-ring (bicyclic) bond motifs is 1. The number of aromatic nitrogens is 3. The Kier molecular flexibility index (Phi) is 4.15. The molecule has 0 radical (unpaired) electrons. The van der Waals surface area contributed by atoms with Gasteiger partial charge < -0.3 is 9.42 Å². The van der Waals surface area contributed by atoms with Gasteiger partial charge in [-0.3, -0.25) is 9.78 Å².